The van der Waals surface area contributed by atoms with E-state index in [0.717, 1.165) is 39.3 Å². The number of anilines is 2. The number of hydrogen-bond donors (Lipinski definition) is 3. The number of morpholine rings is 1. The lowest BCUT2D eigenvalue weighted by Crippen LogP contribution is -2.54. The van der Waals surface area contributed by atoms with E-state index >= 15 is 0 Å². The average molecular weight is 600 g/mol. The van der Waals surface area contributed by atoms with Crippen LogP contribution in [0.2, 0.25) is 5.02 Å². The number of carbonyl (C=O) groups is 3. The number of para-hydroxylation sites is 1. The summed E-state index contributed by atoms with van der Waals surface area (Å²) in [5, 5.41) is 8.89. The molecule has 226 valence electrons. The van der Waals surface area contributed by atoms with Gasteiger partial charge in [0.15, 0.2) is 0 Å². The molecule has 0 spiro atoms. The maximum atomic E-state index is 13.5. The molecule has 4 amide bonds. The van der Waals surface area contributed by atoms with Crippen LogP contribution in [0.1, 0.15) is 36.0 Å². The van der Waals surface area contributed by atoms with Crippen LogP contribution in [0.4, 0.5) is 16.2 Å². The van der Waals surface area contributed by atoms with Crippen molar-refractivity contribution in [2.45, 2.75) is 43.9 Å². The summed E-state index contributed by atoms with van der Waals surface area (Å²) in [6.07, 6.45) is 1.93. The molecule has 11 nitrogen and oxygen atoms in total. The fourth-order valence-electron chi connectivity index (χ4n) is 5.59. The van der Waals surface area contributed by atoms with Crippen LogP contribution in [-0.2, 0) is 14.3 Å². The summed E-state index contributed by atoms with van der Waals surface area (Å²) < 4.78 is 17.7. The number of halogens is 1. The molecule has 12 heteroatoms. The lowest BCUT2D eigenvalue weighted by Gasteiger charge is -2.42. The zero-order valence-electron chi connectivity index (χ0n) is 23.8. The largest absolute Gasteiger partial charge is 0.490 e. The van der Waals surface area contributed by atoms with E-state index in [1.54, 1.807) is 54.4 Å². The Bertz CT molecular complexity index is 1270. The van der Waals surface area contributed by atoms with Crippen LogP contribution in [0.25, 0.3) is 0 Å². The molecule has 0 saturated carbocycles. The van der Waals surface area contributed by atoms with E-state index < -0.39 is 6.03 Å². The first-order valence-electron chi connectivity index (χ1n) is 14.5. The van der Waals surface area contributed by atoms with Crippen molar-refractivity contribution in [1.82, 2.24) is 15.1 Å². The molecule has 0 aliphatic carbocycles. The van der Waals surface area contributed by atoms with Gasteiger partial charge in [0.2, 0.25) is 5.91 Å². The molecule has 2 aromatic carbocycles. The van der Waals surface area contributed by atoms with Gasteiger partial charge in [0.1, 0.15) is 18.5 Å². The highest BCUT2D eigenvalue weighted by atomic mass is 35.5. The SMILES string of the molecule is CN1C(=O)c2cc(NC(=O)Nc3ccccc3Cl)ccc2OC[C@@H]2O[C@H](CC(=O)NCCCN3CCOCC3)CC[C@@H]21. The summed E-state index contributed by atoms with van der Waals surface area (Å²) in [5.74, 6) is 0.154. The predicted octanol–water partition coefficient (Wildman–Crippen LogP) is 3.59. The minimum Gasteiger partial charge on any atom is -0.490 e. The Kier molecular flexibility index (Phi) is 10.2. The van der Waals surface area contributed by atoms with Crippen molar-refractivity contribution in [3.8, 4) is 5.75 Å². The summed E-state index contributed by atoms with van der Waals surface area (Å²) in [4.78, 5) is 42.7. The Morgan fingerprint density at radius 2 is 1.88 bits per heavy atom. The summed E-state index contributed by atoms with van der Waals surface area (Å²) in [7, 11) is 1.75. The fourth-order valence-corrected chi connectivity index (χ4v) is 5.77. The van der Waals surface area contributed by atoms with Crippen molar-refractivity contribution in [3.63, 3.8) is 0 Å². The molecule has 0 radical (unpaired) electrons. The molecule has 2 fully saturated rings. The van der Waals surface area contributed by atoms with Gasteiger partial charge < -0.3 is 35.1 Å². The van der Waals surface area contributed by atoms with Gasteiger partial charge in [-0.05, 0) is 56.1 Å². The van der Waals surface area contributed by atoms with Gasteiger partial charge >= 0.3 is 6.03 Å². The Hall–Kier alpha value is -3.38. The number of hydrogen-bond acceptors (Lipinski definition) is 7. The normalized spacial score (nSPS) is 22.6. The van der Waals surface area contributed by atoms with E-state index in [1.165, 1.54) is 0 Å². The van der Waals surface area contributed by atoms with Gasteiger partial charge in [-0.2, -0.15) is 0 Å². The predicted molar refractivity (Wildman–Crippen MR) is 159 cm³/mol. The van der Waals surface area contributed by atoms with Crippen LogP contribution in [0, 0.1) is 0 Å². The Morgan fingerprint density at radius 1 is 1.07 bits per heavy atom. The van der Waals surface area contributed by atoms with Gasteiger partial charge in [-0.1, -0.05) is 23.7 Å². The number of nitrogens with one attached hydrogen (secondary N) is 3. The highest BCUT2D eigenvalue weighted by Gasteiger charge is 2.39. The van der Waals surface area contributed by atoms with Crippen molar-refractivity contribution in [2.24, 2.45) is 0 Å². The Balaban J connectivity index is 1.13. The summed E-state index contributed by atoms with van der Waals surface area (Å²) in [6, 6.07) is 11.2. The fraction of sp³-hybridized carbons (Fsp3) is 0.500. The third-order valence-electron chi connectivity index (χ3n) is 7.88. The molecule has 3 N–H and O–H groups in total. The minimum atomic E-state index is -0.483. The molecule has 3 aliphatic heterocycles. The van der Waals surface area contributed by atoms with E-state index in [4.69, 9.17) is 25.8 Å². The second kappa shape index (κ2) is 14.2. The Labute approximate surface area is 250 Å². The lowest BCUT2D eigenvalue weighted by atomic mass is 9.94. The quantitative estimate of drug-likeness (QED) is 0.397. The highest BCUT2D eigenvalue weighted by molar-refractivity contribution is 6.33. The monoisotopic (exact) mass is 599 g/mol. The number of ether oxygens (including phenoxy) is 3. The first-order valence-corrected chi connectivity index (χ1v) is 14.8. The van der Waals surface area contributed by atoms with Gasteiger partial charge in [-0.3, -0.25) is 14.5 Å². The van der Waals surface area contributed by atoms with Gasteiger partial charge in [0.05, 0.1) is 48.1 Å². The maximum Gasteiger partial charge on any atom is 0.323 e. The van der Waals surface area contributed by atoms with Crippen LogP contribution in [0.3, 0.4) is 0 Å². The molecule has 42 heavy (non-hydrogen) atoms. The first kappa shape index (κ1) is 30.1. The van der Waals surface area contributed by atoms with E-state index in [9.17, 15) is 14.4 Å². The van der Waals surface area contributed by atoms with E-state index in [1.807, 2.05) is 0 Å². The summed E-state index contributed by atoms with van der Waals surface area (Å²) >= 11 is 6.13. The van der Waals surface area contributed by atoms with Crippen LogP contribution >= 0.6 is 11.6 Å². The minimum absolute atomic E-state index is 0.0273. The van der Waals surface area contributed by atoms with Crippen molar-refractivity contribution in [2.75, 3.05) is 63.7 Å². The van der Waals surface area contributed by atoms with Crippen LogP contribution in [-0.4, -0.2) is 98.9 Å². The first-order chi connectivity index (χ1) is 20.4. The van der Waals surface area contributed by atoms with Gasteiger partial charge in [-0.15, -0.1) is 0 Å². The number of fused-ring (bicyclic) bond motifs is 2. The number of benzene rings is 2. The number of carbonyl (C=O) groups excluding carboxylic acids is 3. The van der Waals surface area contributed by atoms with Gasteiger partial charge in [0, 0.05) is 32.4 Å². The molecular weight excluding hydrogens is 562 g/mol. The molecule has 3 aliphatic rings. The topological polar surface area (TPSA) is 121 Å². The number of nitrogens with zero attached hydrogens (tertiary/aromatic N) is 2. The summed E-state index contributed by atoms with van der Waals surface area (Å²) in [6.45, 7) is 5.24. The number of rotatable bonds is 8. The van der Waals surface area contributed by atoms with Crippen LogP contribution < -0.4 is 20.7 Å². The number of urea groups is 1. The molecule has 0 aromatic heterocycles. The highest BCUT2D eigenvalue weighted by Crippen LogP contribution is 2.32. The second-order valence-electron chi connectivity index (χ2n) is 10.8. The van der Waals surface area contributed by atoms with Crippen molar-refractivity contribution < 1.29 is 28.6 Å². The van der Waals surface area contributed by atoms with E-state index in [2.05, 4.69) is 20.9 Å². The lowest BCUT2D eigenvalue weighted by molar-refractivity contribution is -0.134. The van der Waals surface area contributed by atoms with Crippen molar-refractivity contribution >= 4 is 40.8 Å². The average Bonchev–Trinajstić information content (AvgIpc) is 2.99. The molecular formula is C30H38ClN5O6. The smallest absolute Gasteiger partial charge is 0.323 e. The molecule has 5 rings (SSSR count). The maximum absolute atomic E-state index is 13.5. The second-order valence-corrected chi connectivity index (χ2v) is 11.2. The molecule has 2 saturated heterocycles. The number of likely N-dealkylation sites (N-methyl/N-ethyl adjacent to an activating group) is 1. The third-order valence-corrected chi connectivity index (χ3v) is 8.21. The standard InChI is InChI=1S/C30H38ClN5O6/c1-35-25-9-8-21(18-28(37)32-11-4-12-36-13-15-40-16-14-36)42-27(25)19-41-26-10-7-20(17-22(26)29(35)38)33-30(39)34-24-6-3-2-5-23(24)31/h2-3,5-7,10,17,21,25,27H,4,8-9,11-16,18-19H2,1H3,(H,32,37)(H2,33,34,39)/t21-,25-,27-/m0/s1. The summed E-state index contributed by atoms with van der Waals surface area (Å²) in [5.41, 5.74) is 1.27. The van der Waals surface area contributed by atoms with Gasteiger partial charge in [0.25, 0.3) is 5.91 Å². The third kappa shape index (κ3) is 7.71. The van der Waals surface area contributed by atoms with E-state index in [0.29, 0.717) is 47.1 Å². The van der Waals surface area contributed by atoms with Gasteiger partial charge in [-0.25, -0.2) is 4.79 Å². The Morgan fingerprint density at radius 3 is 2.69 bits per heavy atom. The van der Waals surface area contributed by atoms with E-state index in [-0.39, 0.29) is 43.1 Å². The molecule has 3 atom stereocenters. The van der Waals surface area contributed by atoms with Crippen LogP contribution in [0.5, 0.6) is 5.75 Å². The van der Waals surface area contributed by atoms with Crippen LogP contribution in [0.15, 0.2) is 42.5 Å². The van der Waals surface area contributed by atoms with Crippen molar-refractivity contribution in [3.05, 3.63) is 53.1 Å². The van der Waals surface area contributed by atoms with Crippen molar-refractivity contribution in [1.29, 1.82) is 0 Å². The molecule has 0 unspecified atom stereocenters. The molecule has 3 heterocycles. The molecule has 0 bridgehead atoms. The molecule has 2 aromatic rings. The zero-order chi connectivity index (χ0) is 29.5. The zero-order valence-corrected chi connectivity index (χ0v) is 24.5. The number of amides is 4.